The van der Waals surface area contributed by atoms with Crippen LogP contribution in [0.4, 0.5) is 17.1 Å². The van der Waals surface area contributed by atoms with Crippen LogP contribution in [0.5, 0.6) is 11.5 Å². The number of nitrogens with one attached hydrogen (secondary N) is 2. The van der Waals surface area contributed by atoms with Gasteiger partial charge in [-0.25, -0.2) is 0 Å². The summed E-state index contributed by atoms with van der Waals surface area (Å²) in [6, 6.07) is 17.1. The van der Waals surface area contributed by atoms with Gasteiger partial charge in [0.2, 0.25) is 0 Å². The van der Waals surface area contributed by atoms with Gasteiger partial charge in [-0.05, 0) is 50.2 Å². The van der Waals surface area contributed by atoms with Crippen molar-refractivity contribution in [3.63, 3.8) is 0 Å². The maximum atomic E-state index is 9.72. The van der Waals surface area contributed by atoms with Crippen LogP contribution >= 0.6 is 24.0 Å². The number of ether oxygens (including phenoxy) is 2. The van der Waals surface area contributed by atoms with E-state index in [9.17, 15) is 5.26 Å². The zero-order valence-corrected chi connectivity index (χ0v) is 20.9. The molecule has 0 bridgehead atoms. The Hall–Kier alpha value is -3.73. The molecule has 4 rings (SSSR count). The third-order valence-electron chi connectivity index (χ3n) is 5.06. The van der Waals surface area contributed by atoms with Gasteiger partial charge in [-0.15, -0.1) is 12.4 Å². The van der Waals surface area contributed by atoms with Crippen LogP contribution in [0.15, 0.2) is 60.9 Å². The molecule has 0 atom stereocenters. The van der Waals surface area contributed by atoms with Gasteiger partial charge in [-0.3, -0.25) is 9.97 Å². The number of fused-ring (bicyclic) bond motifs is 1. The van der Waals surface area contributed by atoms with Crippen molar-refractivity contribution in [2.24, 2.45) is 0 Å². The first kappa shape index (κ1) is 25.9. The first-order chi connectivity index (χ1) is 16.6. The molecule has 9 heteroatoms. The van der Waals surface area contributed by atoms with Crippen LogP contribution in [0.25, 0.3) is 10.9 Å². The molecule has 0 unspecified atom stereocenters. The van der Waals surface area contributed by atoms with Crippen molar-refractivity contribution in [1.29, 1.82) is 5.26 Å². The van der Waals surface area contributed by atoms with E-state index in [1.165, 1.54) is 0 Å². The number of aromatic nitrogens is 2. The van der Waals surface area contributed by atoms with E-state index >= 15 is 0 Å². The summed E-state index contributed by atoms with van der Waals surface area (Å²) in [5.74, 6) is 1.27. The van der Waals surface area contributed by atoms with E-state index in [-0.39, 0.29) is 12.4 Å². The number of pyridine rings is 2. The number of rotatable bonds is 9. The molecule has 0 saturated heterocycles. The standard InChI is InChI=1S/C26H24ClN5O2.ClH/c1-3-29-23-12-20-22(13-25(23)33-4-2)31-15-17(14-28)26(20)32-18-8-9-24(21(27)11-18)34-16-19-7-5-6-10-30-19;/h5-13,15,29H,3-4,16H2,1-2H3,(H,31,32);1H. The number of nitrogens with zero attached hydrogens (tertiary/aromatic N) is 3. The molecule has 180 valence electrons. The van der Waals surface area contributed by atoms with Gasteiger partial charge in [0, 0.05) is 36.1 Å². The van der Waals surface area contributed by atoms with Gasteiger partial charge in [-0.2, -0.15) is 5.26 Å². The monoisotopic (exact) mass is 509 g/mol. The van der Waals surface area contributed by atoms with Crippen molar-refractivity contribution in [2.75, 3.05) is 23.8 Å². The lowest BCUT2D eigenvalue weighted by atomic mass is 10.1. The molecule has 2 aromatic carbocycles. The molecule has 35 heavy (non-hydrogen) atoms. The topological polar surface area (TPSA) is 92.1 Å². The van der Waals surface area contributed by atoms with Crippen LogP contribution in [0.1, 0.15) is 25.1 Å². The van der Waals surface area contributed by atoms with Crippen molar-refractivity contribution in [2.45, 2.75) is 20.5 Å². The predicted molar refractivity (Wildman–Crippen MR) is 142 cm³/mol. The summed E-state index contributed by atoms with van der Waals surface area (Å²) < 4.78 is 11.6. The zero-order chi connectivity index (χ0) is 23.9. The smallest absolute Gasteiger partial charge is 0.144 e. The minimum atomic E-state index is 0. The maximum absolute atomic E-state index is 9.72. The Morgan fingerprint density at radius 3 is 2.57 bits per heavy atom. The lowest BCUT2D eigenvalue weighted by Gasteiger charge is -2.16. The van der Waals surface area contributed by atoms with E-state index in [1.54, 1.807) is 24.5 Å². The van der Waals surface area contributed by atoms with E-state index in [0.29, 0.717) is 40.8 Å². The average Bonchev–Trinajstić information content (AvgIpc) is 2.85. The molecule has 0 spiro atoms. The molecule has 0 saturated carbocycles. The Bertz CT molecular complexity index is 1340. The highest BCUT2D eigenvalue weighted by Crippen LogP contribution is 2.37. The second-order valence-corrected chi connectivity index (χ2v) is 7.77. The van der Waals surface area contributed by atoms with Gasteiger partial charge in [0.05, 0.1) is 39.8 Å². The van der Waals surface area contributed by atoms with E-state index in [1.807, 2.05) is 50.2 Å². The minimum absolute atomic E-state index is 0. The summed E-state index contributed by atoms with van der Waals surface area (Å²) in [5, 5.41) is 17.6. The third-order valence-corrected chi connectivity index (χ3v) is 5.36. The highest BCUT2D eigenvalue weighted by Gasteiger charge is 2.14. The maximum Gasteiger partial charge on any atom is 0.144 e. The molecule has 0 fully saturated rings. The molecule has 7 nitrogen and oxygen atoms in total. The molecule has 0 aliphatic heterocycles. The summed E-state index contributed by atoms with van der Waals surface area (Å²) in [7, 11) is 0. The molecule has 2 N–H and O–H groups in total. The fourth-order valence-corrected chi connectivity index (χ4v) is 3.75. The van der Waals surface area contributed by atoms with Crippen LogP contribution in [-0.2, 0) is 6.61 Å². The van der Waals surface area contributed by atoms with Crippen molar-refractivity contribution in [3.05, 3.63) is 77.2 Å². The van der Waals surface area contributed by atoms with Gasteiger partial charge < -0.3 is 20.1 Å². The number of anilines is 3. The number of hydrogen-bond acceptors (Lipinski definition) is 7. The van der Waals surface area contributed by atoms with Crippen molar-refractivity contribution in [1.82, 2.24) is 9.97 Å². The van der Waals surface area contributed by atoms with Gasteiger partial charge in [-0.1, -0.05) is 17.7 Å². The Kier molecular flexibility index (Phi) is 8.96. The van der Waals surface area contributed by atoms with E-state index in [2.05, 4.69) is 26.7 Å². The largest absolute Gasteiger partial charge is 0.492 e. The lowest BCUT2D eigenvalue weighted by molar-refractivity contribution is 0.301. The summed E-state index contributed by atoms with van der Waals surface area (Å²) in [6.45, 7) is 5.54. The number of halogens is 2. The molecule has 2 heterocycles. The second kappa shape index (κ2) is 12.1. The predicted octanol–water partition coefficient (Wildman–Crippen LogP) is 6.73. The first-order valence-electron chi connectivity index (χ1n) is 11.0. The average molecular weight is 510 g/mol. The second-order valence-electron chi connectivity index (χ2n) is 7.37. The van der Waals surface area contributed by atoms with Crippen molar-refractivity contribution < 1.29 is 9.47 Å². The fraction of sp³-hybridized carbons (Fsp3) is 0.192. The highest BCUT2D eigenvalue weighted by atomic mass is 35.5. The molecule has 0 radical (unpaired) electrons. The van der Waals surface area contributed by atoms with Gasteiger partial charge in [0.15, 0.2) is 0 Å². The van der Waals surface area contributed by atoms with Crippen LogP contribution in [0, 0.1) is 11.3 Å². The normalized spacial score (nSPS) is 10.2. The molecular weight excluding hydrogens is 485 g/mol. The van der Waals surface area contributed by atoms with Crippen LogP contribution in [0.2, 0.25) is 5.02 Å². The summed E-state index contributed by atoms with van der Waals surface area (Å²) >= 11 is 6.49. The number of hydrogen-bond donors (Lipinski definition) is 2. The summed E-state index contributed by atoms with van der Waals surface area (Å²) in [5.41, 5.74) is 4.16. The van der Waals surface area contributed by atoms with Gasteiger partial charge >= 0.3 is 0 Å². The quantitative estimate of drug-likeness (QED) is 0.258. The van der Waals surface area contributed by atoms with Crippen LogP contribution in [-0.4, -0.2) is 23.1 Å². The Morgan fingerprint density at radius 1 is 1.03 bits per heavy atom. The Morgan fingerprint density at radius 2 is 1.89 bits per heavy atom. The summed E-state index contributed by atoms with van der Waals surface area (Å²) in [6.07, 6.45) is 3.27. The number of nitriles is 1. The highest BCUT2D eigenvalue weighted by molar-refractivity contribution is 6.32. The molecule has 2 aromatic heterocycles. The van der Waals surface area contributed by atoms with Crippen molar-refractivity contribution >= 4 is 52.0 Å². The fourth-order valence-electron chi connectivity index (χ4n) is 3.52. The van der Waals surface area contributed by atoms with Crippen molar-refractivity contribution in [3.8, 4) is 17.6 Å². The Balaban J connectivity index is 0.00000342. The lowest BCUT2D eigenvalue weighted by Crippen LogP contribution is -2.03. The first-order valence-corrected chi connectivity index (χ1v) is 11.3. The van der Waals surface area contributed by atoms with E-state index in [4.69, 9.17) is 21.1 Å². The SMILES string of the molecule is CCNc1cc2c(Nc3ccc(OCc4ccccn4)c(Cl)c3)c(C#N)cnc2cc1OCC.Cl. The van der Waals surface area contributed by atoms with Crippen LogP contribution in [0.3, 0.4) is 0 Å². The molecule has 4 aromatic rings. The molecular formula is C26H25Cl2N5O2. The molecule has 0 aliphatic rings. The Labute approximate surface area is 215 Å². The molecule has 0 aliphatic carbocycles. The summed E-state index contributed by atoms with van der Waals surface area (Å²) in [4.78, 5) is 8.71. The van der Waals surface area contributed by atoms with E-state index < -0.39 is 0 Å². The van der Waals surface area contributed by atoms with E-state index in [0.717, 1.165) is 34.7 Å². The van der Waals surface area contributed by atoms with Gasteiger partial charge in [0.1, 0.15) is 24.2 Å². The van der Waals surface area contributed by atoms with Gasteiger partial charge in [0.25, 0.3) is 0 Å². The third kappa shape index (κ3) is 6.04. The number of benzene rings is 2. The minimum Gasteiger partial charge on any atom is -0.492 e. The molecule has 0 amide bonds. The van der Waals surface area contributed by atoms with Crippen LogP contribution < -0.4 is 20.1 Å². The zero-order valence-electron chi connectivity index (χ0n) is 19.3.